The Balaban J connectivity index is 1.43. The molecule has 1 aromatic carbocycles. The summed E-state index contributed by atoms with van der Waals surface area (Å²) in [4.78, 5) is 11.7. The molecule has 6 heteroatoms. The highest BCUT2D eigenvalue weighted by Gasteiger charge is 2.40. The third-order valence-electron chi connectivity index (χ3n) is 6.28. The Morgan fingerprint density at radius 2 is 1.97 bits per heavy atom. The number of aromatic nitrogens is 1. The zero-order valence-electron chi connectivity index (χ0n) is 17.4. The minimum Gasteiger partial charge on any atom is -0.489 e. The van der Waals surface area contributed by atoms with Crippen molar-refractivity contribution in [1.29, 1.82) is 0 Å². The Labute approximate surface area is 171 Å². The molecular formula is C23H30N2O4. The number of amides is 1. The Kier molecular flexibility index (Phi) is 5.90. The molecule has 1 amide bonds. The van der Waals surface area contributed by atoms with Gasteiger partial charge in [-0.3, -0.25) is 4.79 Å². The van der Waals surface area contributed by atoms with Crippen molar-refractivity contribution in [1.82, 2.24) is 10.5 Å². The van der Waals surface area contributed by atoms with Crippen LogP contribution in [0.15, 0.2) is 28.8 Å². The van der Waals surface area contributed by atoms with E-state index in [9.17, 15) is 4.79 Å². The van der Waals surface area contributed by atoms with E-state index in [-0.39, 0.29) is 24.2 Å². The van der Waals surface area contributed by atoms with Crippen LogP contribution < -0.4 is 10.1 Å². The standard InChI is InChI=1S/C23H30N2O4/c1-14-20(15(2)29-25-14)13-27-18-10-8-17(9-11-18)23-12-21(24-16(3)26)19-6-4-5-7-22(19)28-23/h8-11,19,21-23H,4-7,12-13H2,1-3H3,(H,24,26)/t19-,21+,22+,23+/m0/s1. The first-order chi connectivity index (χ1) is 14.0. The molecule has 156 valence electrons. The second-order valence-electron chi connectivity index (χ2n) is 8.31. The number of carbonyl (C=O) groups is 1. The molecule has 1 saturated carbocycles. The van der Waals surface area contributed by atoms with Crippen molar-refractivity contribution < 1.29 is 18.8 Å². The van der Waals surface area contributed by atoms with Crippen LogP contribution in [0.2, 0.25) is 0 Å². The smallest absolute Gasteiger partial charge is 0.217 e. The molecule has 0 radical (unpaired) electrons. The van der Waals surface area contributed by atoms with Gasteiger partial charge < -0.3 is 19.3 Å². The maximum atomic E-state index is 11.7. The number of rotatable bonds is 5. The molecule has 2 aromatic rings. The van der Waals surface area contributed by atoms with Gasteiger partial charge in [0.15, 0.2) is 0 Å². The third kappa shape index (κ3) is 4.47. The van der Waals surface area contributed by atoms with E-state index in [2.05, 4.69) is 22.6 Å². The Bertz CT molecular complexity index is 826. The highest BCUT2D eigenvalue weighted by atomic mass is 16.5. The molecule has 1 aliphatic heterocycles. The highest BCUT2D eigenvalue weighted by Crippen LogP contribution is 2.41. The summed E-state index contributed by atoms with van der Waals surface area (Å²) in [5, 5.41) is 7.14. The van der Waals surface area contributed by atoms with E-state index in [1.165, 1.54) is 12.8 Å². The van der Waals surface area contributed by atoms with Gasteiger partial charge in [0.2, 0.25) is 5.91 Å². The normalized spacial score (nSPS) is 26.6. The van der Waals surface area contributed by atoms with Crippen LogP contribution in [0.25, 0.3) is 0 Å². The summed E-state index contributed by atoms with van der Waals surface area (Å²) in [6.07, 6.45) is 5.70. The van der Waals surface area contributed by atoms with E-state index in [1.54, 1.807) is 6.92 Å². The van der Waals surface area contributed by atoms with E-state index in [0.717, 1.165) is 47.6 Å². The van der Waals surface area contributed by atoms with Crippen LogP contribution in [0.5, 0.6) is 5.75 Å². The van der Waals surface area contributed by atoms with Crippen LogP contribution in [0.3, 0.4) is 0 Å². The van der Waals surface area contributed by atoms with Gasteiger partial charge in [0, 0.05) is 18.9 Å². The predicted octanol–water partition coefficient (Wildman–Crippen LogP) is 4.40. The van der Waals surface area contributed by atoms with Gasteiger partial charge in [-0.25, -0.2) is 0 Å². The molecule has 1 saturated heterocycles. The topological polar surface area (TPSA) is 73.6 Å². The van der Waals surface area contributed by atoms with E-state index in [0.29, 0.717) is 12.5 Å². The van der Waals surface area contributed by atoms with Gasteiger partial charge in [0.1, 0.15) is 18.1 Å². The van der Waals surface area contributed by atoms with Crippen molar-refractivity contribution in [2.24, 2.45) is 5.92 Å². The van der Waals surface area contributed by atoms with E-state index < -0.39 is 0 Å². The molecule has 4 atom stereocenters. The minimum absolute atomic E-state index is 0.00260. The van der Waals surface area contributed by atoms with Gasteiger partial charge in [-0.1, -0.05) is 30.1 Å². The first kappa shape index (κ1) is 20.0. The lowest BCUT2D eigenvalue weighted by Crippen LogP contribution is -2.50. The molecule has 2 fully saturated rings. The van der Waals surface area contributed by atoms with E-state index in [1.807, 2.05) is 26.0 Å². The number of benzene rings is 1. The van der Waals surface area contributed by atoms with Gasteiger partial charge in [-0.2, -0.15) is 0 Å². The predicted molar refractivity (Wildman–Crippen MR) is 109 cm³/mol. The summed E-state index contributed by atoms with van der Waals surface area (Å²) >= 11 is 0. The zero-order valence-corrected chi connectivity index (χ0v) is 17.4. The minimum atomic E-state index is 0.00260. The van der Waals surface area contributed by atoms with Crippen molar-refractivity contribution in [2.45, 2.75) is 77.7 Å². The van der Waals surface area contributed by atoms with Gasteiger partial charge in [-0.15, -0.1) is 0 Å². The molecule has 0 spiro atoms. The summed E-state index contributed by atoms with van der Waals surface area (Å²) in [6.45, 7) is 5.86. The fourth-order valence-corrected chi connectivity index (χ4v) is 4.71. The number of fused-ring (bicyclic) bond motifs is 1. The fraction of sp³-hybridized carbons (Fsp3) is 0.565. The summed E-state index contributed by atoms with van der Waals surface area (Å²) in [6, 6.07) is 8.30. The average molecular weight is 399 g/mol. The number of nitrogens with one attached hydrogen (secondary N) is 1. The van der Waals surface area contributed by atoms with Crippen LogP contribution in [-0.2, 0) is 16.1 Å². The van der Waals surface area contributed by atoms with Crippen LogP contribution >= 0.6 is 0 Å². The largest absolute Gasteiger partial charge is 0.489 e. The molecule has 0 unspecified atom stereocenters. The number of hydrogen-bond acceptors (Lipinski definition) is 5. The van der Waals surface area contributed by atoms with Crippen molar-refractivity contribution in [3.8, 4) is 5.75 Å². The van der Waals surface area contributed by atoms with Crippen molar-refractivity contribution in [3.63, 3.8) is 0 Å². The average Bonchev–Trinajstić information content (AvgIpc) is 3.04. The van der Waals surface area contributed by atoms with Crippen LogP contribution in [0.4, 0.5) is 0 Å². The quantitative estimate of drug-likeness (QED) is 0.808. The second kappa shape index (κ2) is 8.57. The Morgan fingerprint density at radius 1 is 1.21 bits per heavy atom. The number of ether oxygens (including phenoxy) is 2. The summed E-state index contributed by atoms with van der Waals surface area (Å²) in [5.41, 5.74) is 2.99. The van der Waals surface area contributed by atoms with Crippen molar-refractivity contribution in [2.75, 3.05) is 0 Å². The Morgan fingerprint density at radius 3 is 2.66 bits per heavy atom. The van der Waals surface area contributed by atoms with Crippen LogP contribution in [0, 0.1) is 19.8 Å². The fourth-order valence-electron chi connectivity index (χ4n) is 4.71. The number of carbonyl (C=O) groups excluding carboxylic acids is 1. The van der Waals surface area contributed by atoms with E-state index in [4.69, 9.17) is 14.0 Å². The highest BCUT2D eigenvalue weighted by molar-refractivity contribution is 5.73. The van der Waals surface area contributed by atoms with Crippen molar-refractivity contribution >= 4 is 5.91 Å². The lowest BCUT2D eigenvalue weighted by molar-refractivity contribution is -0.131. The second-order valence-corrected chi connectivity index (χ2v) is 8.31. The number of aryl methyl sites for hydroxylation is 2. The van der Waals surface area contributed by atoms with Gasteiger partial charge in [0.25, 0.3) is 0 Å². The zero-order chi connectivity index (χ0) is 20.4. The first-order valence-corrected chi connectivity index (χ1v) is 10.6. The summed E-state index contributed by atoms with van der Waals surface area (Å²) in [7, 11) is 0. The molecule has 4 rings (SSSR count). The molecule has 6 nitrogen and oxygen atoms in total. The molecule has 1 aromatic heterocycles. The number of nitrogens with zero attached hydrogens (tertiary/aromatic N) is 1. The summed E-state index contributed by atoms with van der Waals surface area (Å²) < 4.78 is 17.6. The first-order valence-electron chi connectivity index (χ1n) is 10.6. The molecule has 2 heterocycles. The maximum absolute atomic E-state index is 11.7. The lowest BCUT2D eigenvalue weighted by Gasteiger charge is -2.45. The SMILES string of the molecule is CC(=O)N[C@@H]1C[C@H](c2ccc(OCc3c(C)noc3C)cc2)O[C@@H]2CCCC[C@@H]12. The molecule has 0 bridgehead atoms. The summed E-state index contributed by atoms with van der Waals surface area (Å²) in [5.74, 6) is 2.07. The molecule has 29 heavy (non-hydrogen) atoms. The van der Waals surface area contributed by atoms with Crippen molar-refractivity contribution in [3.05, 3.63) is 46.8 Å². The Hall–Kier alpha value is -2.34. The van der Waals surface area contributed by atoms with Gasteiger partial charge in [0.05, 0.1) is 23.5 Å². The van der Waals surface area contributed by atoms with Crippen LogP contribution in [0.1, 0.15) is 67.7 Å². The third-order valence-corrected chi connectivity index (χ3v) is 6.28. The monoisotopic (exact) mass is 398 g/mol. The molecule has 1 N–H and O–H groups in total. The van der Waals surface area contributed by atoms with Crippen LogP contribution in [-0.4, -0.2) is 23.2 Å². The van der Waals surface area contributed by atoms with Gasteiger partial charge >= 0.3 is 0 Å². The lowest BCUT2D eigenvalue weighted by atomic mass is 9.76. The molecule has 2 aliphatic rings. The maximum Gasteiger partial charge on any atom is 0.217 e. The number of hydrogen-bond donors (Lipinski definition) is 1. The van der Waals surface area contributed by atoms with E-state index >= 15 is 0 Å². The van der Waals surface area contributed by atoms with Gasteiger partial charge in [-0.05, 0) is 50.8 Å². The molecule has 1 aliphatic carbocycles. The molecular weight excluding hydrogens is 368 g/mol.